The summed E-state index contributed by atoms with van der Waals surface area (Å²) in [5, 5.41) is 3.14. The average Bonchev–Trinajstić information content (AvgIpc) is 3.04. The van der Waals surface area contributed by atoms with E-state index in [1.165, 1.54) is 0 Å². The van der Waals surface area contributed by atoms with Crippen LogP contribution < -0.4 is 5.32 Å². The van der Waals surface area contributed by atoms with Gasteiger partial charge in [0.15, 0.2) is 11.5 Å². The first-order chi connectivity index (χ1) is 10.1. The van der Waals surface area contributed by atoms with Crippen LogP contribution in [-0.4, -0.2) is 42.8 Å². The molecule has 3 rings (SSSR count). The molecule has 1 aromatic rings. The molecule has 1 amide bonds. The summed E-state index contributed by atoms with van der Waals surface area (Å²) in [6.07, 6.45) is 4.18. The standard InChI is InChI=1S/C16H22N2O3.ClH/c1-10-14-12(19)6-3-7-13(14)21-15(10)16(20)18-8-4-5-11(18)9-17-2;/h11,17H,3-9H2,1-2H3;1H. The first-order valence-electron chi connectivity index (χ1n) is 7.74. The van der Waals surface area contributed by atoms with Crippen molar-refractivity contribution in [1.29, 1.82) is 0 Å². The lowest BCUT2D eigenvalue weighted by Crippen LogP contribution is -2.40. The molecular formula is C16H23ClN2O3. The number of carbonyl (C=O) groups is 2. The quantitative estimate of drug-likeness (QED) is 0.926. The maximum atomic E-state index is 12.8. The number of furan rings is 1. The van der Waals surface area contributed by atoms with E-state index in [1.807, 2.05) is 18.9 Å². The number of hydrogen-bond acceptors (Lipinski definition) is 4. The lowest BCUT2D eigenvalue weighted by Gasteiger charge is -2.23. The van der Waals surface area contributed by atoms with Gasteiger partial charge >= 0.3 is 0 Å². The van der Waals surface area contributed by atoms with Gasteiger partial charge in [0.1, 0.15) is 5.76 Å². The van der Waals surface area contributed by atoms with Gasteiger partial charge in [0.2, 0.25) is 0 Å². The number of nitrogens with one attached hydrogen (secondary N) is 1. The first kappa shape index (κ1) is 17.0. The zero-order valence-corrected chi connectivity index (χ0v) is 13.9. The van der Waals surface area contributed by atoms with E-state index in [9.17, 15) is 9.59 Å². The minimum absolute atomic E-state index is 0. The molecule has 0 radical (unpaired) electrons. The fraction of sp³-hybridized carbons (Fsp3) is 0.625. The molecule has 0 spiro atoms. The summed E-state index contributed by atoms with van der Waals surface area (Å²) >= 11 is 0. The van der Waals surface area contributed by atoms with Gasteiger partial charge in [-0.3, -0.25) is 9.59 Å². The molecule has 6 heteroatoms. The Morgan fingerprint density at radius 1 is 1.36 bits per heavy atom. The van der Waals surface area contributed by atoms with Gasteiger partial charge in [-0.1, -0.05) is 0 Å². The highest BCUT2D eigenvalue weighted by molar-refractivity contribution is 6.03. The summed E-state index contributed by atoms with van der Waals surface area (Å²) in [4.78, 5) is 26.7. The lowest BCUT2D eigenvalue weighted by molar-refractivity contribution is 0.0701. The van der Waals surface area contributed by atoms with Crippen molar-refractivity contribution in [2.75, 3.05) is 20.1 Å². The number of aryl methyl sites for hydroxylation is 1. The molecule has 1 aromatic heterocycles. The zero-order valence-electron chi connectivity index (χ0n) is 13.1. The molecule has 1 fully saturated rings. The summed E-state index contributed by atoms with van der Waals surface area (Å²) in [6.45, 7) is 3.40. The molecule has 2 heterocycles. The van der Waals surface area contributed by atoms with Crippen LogP contribution in [0.2, 0.25) is 0 Å². The third kappa shape index (κ3) is 2.79. The van der Waals surface area contributed by atoms with Crippen LogP contribution in [0.1, 0.15) is 57.9 Å². The second kappa shape index (κ2) is 6.84. The molecule has 0 aromatic carbocycles. The lowest BCUT2D eigenvalue weighted by atomic mass is 9.94. The van der Waals surface area contributed by atoms with Crippen molar-refractivity contribution in [3.63, 3.8) is 0 Å². The number of Topliss-reactive ketones (excluding diaryl/α,β-unsaturated/α-hetero) is 1. The number of nitrogens with zero attached hydrogens (tertiary/aromatic N) is 1. The van der Waals surface area contributed by atoms with Crippen molar-refractivity contribution in [3.05, 3.63) is 22.6 Å². The third-order valence-electron chi connectivity index (χ3n) is 4.58. The van der Waals surface area contributed by atoms with E-state index in [0.717, 1.165) is 44.3 Å². The Labute approximate surface area is 136 Å². The summed E-state index contributed by atoms with van der Waals surface area (Å²) in [6, 6.07) is 0.222. The normalized spacial score (nSPS) is 20.7. The number of hydrogen-bond donors (Lipinski definition) is 1. The van der Waals surface area contributed by atoms with Crippen LogP contribution in [0.15, 0.2) is 4.42 Å². The Balaban J connectivity index is 0.00000176. The molecule has 1 aliphatic carbocycles. The fourth-order valence-corrected chi connectivity index (χ4v) is 3.53. The summed E-state index contributed by atoms with van der Waals surface area (Å²) < 4.78 is 5.78. The molecule has 1 aliphatic heterocycles. The first-order valence-corrected chi connectivity index (χ1v) is 7.74. The third-order valence-corrected chi connectivity index (χ3v) is 4.58. The molecule has 22 heavy (non-hydrogen) atoms. The number of ketones is 1. The van der Waals surface area contributed by atoms with Gasteiger partial charge in [-0.05, 0) is 33.2 Å². The molecule has 5 nitrogen and oxygen atoms in total. The van der Waals surface area contributed by atoms with Crippen LogP contribution in [0.3, 0.4) is 0 Å². The van der Waals surface area contributed by atoms with Crippen molar-refractivity contribution in [2.24, 2.45) is 0 Å². The second-order valence-corrected chi connectivity index (χ2v) is 5.98. The van der Waals surface area contributed by atoms with Crippen molar-refractivity contribution in [2.45, 2.75) is 45.1 Å². The van der Waals surface area contributed by atoms with Gasteiger partial charge < -0.3 is 14.6 Å². The maximum absolute atomic E-state index is 12.8. The number of likely N-dealkylation sites (tertiary alicyclic amines) is 1. The topological polar surface area (TPSA) is 62.6 Å². The van der Waals surface area contributed by atoms with Gasteiger partial charge in [0.05, 0.1) is 5.56 Å². The summed E-state index contributed by atoms with van der Waals surface area (Å²) in [5.74, 6) is 1.13. The Hall–Kier alpha value is -1.33. The minimum Gasteiger partial charge on any atom is -0.455 e. The molecule has 1 atom stereocenters. The highest BCUT2D eigenvalue weighted by Crippen LogP contribution is 2.31. The van der Waals surface area contributed by atoms with E-state index in [1.54, 1.807) is 0 Å². The van der Waals surface area contributed by atoms with E-state index in [4.69, 9.17) is 4.42 Å². The monoisotopic (exact) mass is 326 g/mol. The molecule has 2 aliphatic rings. The molecule has 1 saturated heterocycles. The molecule has 0 bridgehead atoms. The Kier molecular flexibility index (Phi) is 5.29. The second-order valence-electron chi connectivity index (χ2n) is 5.98. The number of fused-ring (bicyclic) bond motifs is 1. The molecule has 0 saturated carbocycles. The SMILES string of the molecule is CNCC1CCCN1C(=O)c1oc2c(c1C)C(=O)CCC2.Cl. The van der Waals surface area contributed by atoms with E-state index < -0.39 is 0 Å². The van der Waals surface area contributed by atoms with E-state index in [2.05, 4.69) is 5.32 Å². The van der Waals surface area contributed by atoms with Crippen molar-refractivity contribution in [3.8, 4) is 0 Å². The number of likely N-dealkylation sites (N-methyl/N-ethyl adjacent to an activating group) is 1. The Morgan fingerprint density at radius 2 is 2.14 bits per heavy atom. The average molecular weight is 327 g/mol. The summed E-state index contributed by atoms with van der Waals surface area (Å²) in [5.41, 5.74) is 1.39. The predicted octanol–water partition coefficient (Wildman–Crippen LogP) is 2.35. The maximum Gasteiger partial charge on any atom is 0.290 e. The molecule has 1 unspecified atom stereocenters. The van der Waals surface area contributed by atoms with Crippen LogP contribution in [0.25, 0.3) is 0 Å². The van der Waals surface area contributed by atoms with Crippen LogP contribution in [0.4, 0.5) is 0 Å². The van der Waals surface area contributed by atoms with E-state index >= 15 is 0 Å². The van der Waals surface area contributed by atoms with Gasteiger partial charge in [0, 0.05) is 37.5 Å². The van der Waals surface area contributed by atoms with Crippen LogP contribution in [0, 0.1) is 6.92 Å². The largest absolute Gasteiger partial charge is 0.455 e. The Morgan fingerprint density at radius 3 is 2.82 bits per heavy atom. The minimum atomic E-state index is -0.0625. The van der Waals surface area contributed by atoms with Crippen LogP contribution in [0.5, 0.6) is 0 Å². The van der Waals surface area contributed by atoms with Crippen molar-refractivity contribution in [1.82, 2.24) is 10.2 Å². The fourth-order valence-electron chi connectivity index (χ4n) is 3.53. The van der Waals surface area contributed by atoms with E-state index in [0.29, 0.717) is 23.5 Å². The highest BCUT2D eigenvalue weighted by Gasteiger charge is 2.34. The predicted molar refractivity (Wildman–Crippen MR) is 85.9 cm³/mol. The zero-order chi connectivity index (χ0) is 15.0. The number of halogens is 1. The van der Waals surface area contributed by atoms with Crippen LogP contribution >= 0.6 is 12.4 Å². The smallest absolute Gasteiger partial charge is 0.290 e. The van der Waals surface area contributed by atoms with Gasteiger partial charge in [-0.15, -0.1) is 12.4 Å². The highest BCUT2D eigenvalue weighted by atomic mass is 35.5. The van der Waals surface area contributed by atoms with Gasteiger partial charge in [-0.2, -0.15) is 0 Å². The van der Waals surface area contributed by atoms with Crippen molar-refractivity contribution >= 4 is 24.1 Å². The molecule has 122 valence electrons. The van der Waals surface area contributed by atoms with Gasteiger partial charge in [0.25, 0.3) is 5.91 Å². The number of amides is 1. The number of carbonyl (C=O) groups excluding carboxylic acids is 2. The van der Waals surface area contributed by atoms with Gasteiger partial charge in [-0.25, -0.2) is 0 Å². The molecular weight excluding hydrogens is 304 g/mol. The Bertz CT molecular complexity index is 582. The molecule has 1 N–H and O–H groups in total. The van der Waals surface area contributed by atoms with Crippen LogP contribution in [-0.2, 0) is 6.42 Å². The van der Waals surface area contributed by atoms with Crippen molar-refractivity contribution < 1.29 is 14.0 Å². The summed E-state index contributed by atoms with van der Waals surface area (Å²) in [7, 11) is 1.90. The number of rotatable bonds is 3. The van der Waals surface area contributed by atoms with E-state index in [-0.39, 0.29) is 30.1 Å².